The van der Waals surface area contributed by atoms with Crippen LogP contribution in [-0.4, -0.2) is 43.3 Å². The van der Waals surface area contributed by atoms with Gasteiger partial charge in [0.25, 0.3) is 5.91 Å². The van der Waals surface area contributed by atoms with E-state index >= 15 is 0 Å². The van der Waals surface area contributed by atoms with Crippen molar-refractivity contribution >= 4 is 45.6 Å². The fraction of sp³-hybridized carbons (Fsp3) is 0.333. The third-order valence-corrected chi connectivity index (χ3v) is 6.31. The fourth-order valence-electron chi connectivity index (χ4n) is 4.45. The lowest BCUT2D eigenvalue weighted by Crippen LogP contribution is -2.32. The Balaban J connectivity index is 1.56. The number of nitrogens with two attached hydrogens (primary N) is 1. The molecule has 0 spiro atoms. The minimum Gasteiger partial charge on any atom is -0.381 e. The molecule has 9 nitrogen and oxygen atoms in total. The second kappa shape index (κ2) is 7.42. The predicted molar refractivity (Wildman–Crippen MR) is 120 cm³/mol. The van der Waals surface area contributed by atoms with Gasteiger partial charge in [-0.2, -0.15) is 5.10 Å². The number of hydrogen-bond acceptors (Lipinski definition) is 6. The SMILES string of the molecule is CC(NC(=O)c1c(N)nn2cccnc12)c1cc(Cl)c2cn[nH]c2c1N1CCC[C@H]1C. The number of anilines is 2. The van der Waals surface area contributed by atoms with Crippen LogP contribution in [0.3, 0.4) is 0 Å². The minimum absolute atomic E-state index is 0.138. The van der Waals surface area contributed by atoms with Crippen molar-refractivity contribution in [2.45, 2.75) is 38.8 Å². The number of aromatic amines is 1. The molecule has 3 aromatic heterocycles. The average molecular weight is 439 g/mol. The number of amides is 1. The number of nitrogen functional groups attached to an aromatic ring is 1. The predicted octanol–water partition coefficient (Wildman–Crippen LogP) is 3.32. The summed E-state index contributed by atoms with van der Waals surface area (Å²) in [5.41, 5.74) is 9.54. The Morgan fingerprint density at radius 1 is 1.45 bits per heavy atom. The molecule has 4 N–H and O–H groups in total. The second-order valence-corrected chi connectivity index (χ2v) is 8.39. The van der Waals surface area contributed by atoms with Gasteiger partial charge in [0.1, 0.15) is 5.56 Å². The molecule has 4 aromatic rings. The molecule has 5 rings (SSSR count). The largest absolute Gasteiger partial charge is 0.381 e. The summed E-state index contributed by atoms with van der Waals surface area (Å²) in [6.45, 7) is 5.09. The third kappa shape index (κ3) is 3.16. The van der Waals surface area contributed by atoms with Crippen LogP contribution in [0.1, 0.15) is 48.7 Å². The monoisotopic (exact) mass is 438 g/mol. The number of hydrogen-bond donors (Lipinski definition) is 3. The van der Waals surface area contributed by atoms with Crippen LogP contribution in [0.2, 0.25) is 5.02 Å². The first-order valence-electron chi connectivity index (χ1n) is 10.3. The van der Waals surface area contributed by atoms with E-state index in [1.165, 1.54) is 4.52 Å². The Morgan fingerprint density at radius 3 is 3.06 bits per heavy atom. The average Bonchev–Trinajstić information content (AvgIpc) is 3.45. The summed E-state index contributed by atoms with van der Waals surface area (Å²) in [7, 11) is 0. The number of carbonyl (C=O) groups is 1. The molecule has 0 aliphatic carbocycles. The van der Waals surface area contributed by atoms with Gasteiger partial charge >= 0.3 is 0 Å². The summed E-state index contributed by atoms with van der Waals surface area (Å²) in [5.74, 6) is -0.196. The van der Waals surface area contributed by atoms with Crippen LogP contribution in [0.15, 0.2) is 30.7 Å². The number of fused-ring (bicyclic) bond motifs is 2. The zero-order chi connectivity index (χ0) is 21.7. The van der Waals surface area contributed by atoms with Crippen molar-refractivity contribution in [1.29, 1.82) is 0 Å². The molecule has 1 fully saturated rings. The van der Waals surface area contributed by atoms with Crippen LogP contribution in [0.25, 0.3) is 16.6 Å². The first-order valence-corrected chi connectivity index (χ1v) is 10.6. The van der Waals surface area contributed by atoms with Gasteiger partial charge in [-0.25, -0.2) is 9.50 Å². The van der Waals surface area contributed by atoms with Crippen molar-refractivity contribution < 1.29 is 4.79 Å². The third-order valence-electron chi connectivity index (χ3n) is 5.99. The molecule has 1 aliphatic heterocycles. The molecule has 1 aliphatic rings. The molecular formula is C21H23ClN8O. The van der Waals surface area contributed by atoms with Crippen LogP contribution in [0, 0.1) is 0 Å². The fourth-order valence-corrected chi connectivity index (χ4v) is 4.71. The van der Waals surface area contributed by atoms with Crippen LogP contribution in [0.4, 0.5) is 11.5 Å². The molecular weight excluding hydrogens is 416 g/mol. The summed E-state index contributed by atoms with van der Waals surface area (Å²) < 4.78 is 1.50. The van der Waals surface area contributed by atoms with E-state index in [1.807, 2.05) is 13.0 Å². The van der Waals surface area contributed by atoms with Gasteiger partial charge in [0.05, 0.1) is 28.5 Å². The maximum Gasteiger partial charge on any atom is 0.259 e. The number of nitrogens with one attached hydrogen (secondary N) is 2. The van der Waals surface area contributed by atoms with Gasteiger partial charge < -0.3 is 16.0 Å². The number of carbonyl (C=O) groups excluding carboxylic acids is 1. The summed E-state index contributed by atoms with van der Waals surface area (Å²) in [6.07, 6.45) is 7.28. The minimum atomic E-state index is -0.335. The molecule has 0 saturated carbocycles. The Kier molecular flexibility index (Phi) is 4.70. The lowest BCUT2D eigenvalue weighted by molar-refractivity contribution is 0.0942. The first kappa shape index (κ1) is 19.6. The lowest BCUT2D eigenvalue weighted by Gasteiger charge is -2.29. The molecule has 1 amide bonds. The highest BCUT2D eigenvalue weighted by Crippen LogP contribution is 2.40. The topological polar surface area (TPSA) is 117 Å². The highest BCUT2D eigenvalue weighted by atomic mass is 35.5. The van der Waals surface area contributed by atoms with E-state index in [4.69, 9.17) is 17.3 Å². The number of H-pyrrole nitrogens is 1. The molecule has 2 atom stereocenters. The van der Waals surface area contributed by atoms with Crippen molar-refractivity contribution in [1.82, 2.24) is 30.1 Å². The van der Waals surface area contributed by atoms with Gasteiger partial charge in [0.2, 0.25) is 0 Å². The smallest absolute Gasteiger partial charge is 0.259 e. The normalized spacial score (nSPS) is 17.5. The summed E-state index contributed by atoms with van der Waals surface area (Å²) in [6, 6.07) is 3.70. The molecule has 1 saturated heterocycles. The summed E-state index contributed by atoms with van der Waals surface area (Å²) in [4.78, 5) is 19.8. The second-order valence-electron chi connectivity index (χ2n) is 7.98. The van der Waals surface area contributed by atoms with Gasteiger partial charge in [-0.15, -0.1) is 5.10 Å². The Bertz CT molecular complexity index is 1300. The first-order chi connectivity index (χ1) is 15.0. The molecule has 0 bridgehead atoms. The summed E-state index contributed by atoms with van der Waals surface area (Å²) >= 11 is 6.57. The van der Waals surface area contributed by atoms with E-state index in [0.717, 1.165) is 41.5 Å². The zero-order valence-electron chi connectivity index (χ0n) is 17.3. The van der Waals surface area contributed by atoms with E-state index in [0.29, 0.717) is 16.7 Å². The van der Waals surface area contributed by atoms with Gasteiger partial charge in [-0.1, -0.05) is 11.6 Å². The van der Waals surface area contributed by atoms with Gasteiger partial charge in [-0.3, -0.25) is 9.89 Å². The molecule has 0 radical (unpaired) electrons. The van der Waals surface area contributed by atoms with E-state index in [1.54, 1.807) is 24.7 Å². The highest BCUT2D eigenvalue weighted by Gasteiger charge is 2.29. The number of nitrogens with zero attached hydrogens (tertiary/aromatic N) is 5. The van der Waals surface area contributed by atoms with Crippen LogP contribution in [0.5, 0.6) is 0 Å². The van der Waals surface area contributed by atoms with E-state index in [9.17, 15) is 4.79 Å². The van der Waals surface area contributed by atoms with Gasteiger partial charge in [0.15, 0.2) is 11.5 Å². The van der Waals surface area contributed by atoms with Crippen LogP contribution >= 0.6 is 11.6 Å². The van der Waals surface area contributed by atoms with E-state index < -0.39 is 0 Å². The van der Waals surface area contributed by atoms with E-state index in [2.05, 4.69) is 37.4 Å². The number of aromatic nitrogens is 5. The maximum absolute atomic E-state index is 13.2. The van der Waals surface area contributed by atoms with Crippen LogP contribution < -0.4 is 16.0 Å². The number of rotatable bonds is 4. The van der Waals surface area contributed by atoms with E-state index in [-0.39, 0.29) is 23.3 Å². The van der Waals surface area contributed by atoms with Crippen molar-refractivity contribution in [3.05, 3.63) is 46.9 Å². The standard InChI is InChI=1S/C21H23ClN8O/c1-11-5-3-7-29(11)18-13(9-15(22)14-10-25-27-17(14)18)12(2)26-21(31)16-19(23)28-30-8-4-6-24-20(16)30/h4,6,8-12H,3,5,7H2,1-2H3,(H2,23,28)(H,25,27)(H,26,31)/t11-,12?/m1/s1. The Labute approximate surface area is 183 Å². The highest BCUT2D eigenvalue weighted by molar-refractivity contribution is 6.36. The van der Waals surface area contributed by atoms with Gasteiger partial charge in [0, 0.05) is 35.9 Å². The molecule has 4 heterocycles. The zero-order valence-corrected chi connectivity index (χ0v) is 18.0. The molecule has 1 aromatic carbocycles. The number of benzene rings is 1. The Morgan fingerprint density at radius 2 is 2.29 bits per heavy atom. The molecule has 10 heteroatoms. The number of halogens is 1. The van der Waals surface area contributed by atoms with Crippen molar-refractivity contribution in [3.8, 4) is 0 Å². The Hall–Kier alpha value is -3.33. The maximum atomic E-state index is 13.2. The van der Waals surface area contributed by atoms with Crippen molar-refractivity contribution in [2.75, 3.05) is 17.2 Å². The summed E-state index contributed by atoms with van der Waals surface area (Å²) in [5, 5.41) is 16.0. The lowest BCUT2D eigenvalue weighted by atomic mass is 10.0. The van der Waals surface area contributed by atoms with Crippen LogP contribution in [-0.2, 0) is 0 Å². The quantitative estimate of drug-likeness (QED) is 0.450. The molecule has 160 valence electrons. The molecule has 31 heavy (non-hydrogen) atoms. The van der Waals surface area contributed by atoms with Crippen molar-refractivity contribution in [2.24, 2.45) is 0 Å². The van der Waals surface area contributed by atoms with Gasteiger partial charge in [-0.05, 0) is 38.8 Å². The van der Waals surface area contributed by atoms with Crippen molar-refractivity contribution in [3.63, 3.8) is 0 Å². The molecule has 1 unspecified atom stereocenters.